The highest BCUT2D eigenvalue weighted by Crippen LogP contribution is 2.42. The number of benzene rings is 1. The zero-order valence-corrected chi connectivity index (χ0v) is 13.9. The van der Waals surface area contributed by atoms with Gasteiger partial charge in [0.25, 0.3) is 0 Å². The Morgan fingerprint density at radius 2 is 1.35 bits per heavy atom. The maximum atomic E-state index is 11.5. The number of carbonyl (C=O) groups excluding carboxylic acids is 1. The topological polar surface area (TPSA) is 35.5 Å². The maximum absolute atomic E-state index is 11.5. The van der Waals surface area contributed by atoms with Gasteiger partial charge in [-0.25, -0.2) is 0 Å². The zero-order chi connectivity index (χ0) is 15.7. The first-order valence-electron chi connectivity index (χ1n) is 6.88. The van der Waals surface area contributed by atoms with Crippen LogP contribution in [0.2, 0.25) is 0 Å². The number of hydrogen-bond acceptors (Lipinski definition) is 3. The van der Waals surface area contributed by atoms with Gasteiger partial charge in [-0.05, 0) is 23.0 Å². The van der Waals surface area contributed by atoms with E-state index in [0.717, 1.165) is 16.9 Å². The fourth-order valence-electron chi connectivity index (χ4n) is 2.09. The van der Waals surface area contributed by atoms with Crippen molar-refractivity contribution >= 4 is 5.97 Å². The van der Waals surface area contributed by atoms with E-state index in [0.29, 0.717) is 5.75 Å². The maximum Gasteiger partial charge on any atom is 0.308 e. The minimum atomic E-state index is -0.300. The number of methoxy groups -OCH3 is 1. The van der Waals surface area contributed by atoms with Gasteiger partial charge in [0.2, 0.25) is 0 Å². The van der Waals surface area contributed by atoms with Crippen molar-refractivity contribution in [3.05, 3.63) is 23.3 Å². The average Bonchev–Trinajstić information content (AvgIpc) is 2.25. The molecule has 0 radical (unpaired) electrons. The first kappa shape index (κ1) is 16.5. The van der Waals surface area contributed by atoms with Crippen molar-refractivity contribution in [3.8, 4) is 11.5 Å². The predicted octanol–water partition coefficient (Wildman–Crippen LogP) is 4.22. The van der Waals surface area contributed by atoms with E-state index < -0.39 is 0 Å². The highest BCUT2D eigenvalue weighted by Gasteiger charge is 2.29. The summed E-state index contributed by atoms with van der Waals surface area (Å²) in [5.41, 5.74) is 1.69. The monoisotopic (exact) mass is 278 g/mol. The number of rotatable bonds is 2. The number of hydrogen-bond donors (Lipinski definition) is 0. The molecule has 0 unspecified atom stereocenters. The van der Waals surface area contributed by atoms with E-state index in [4.69, 9.17) is 9.47 Å². The van der Waals surface area contributed by atoms with Crippen molar-refractivity contribution in [1.29, 1.82) is 0 Å². The molecule has 0 N–H and O–H groups in total. The summed E-state index contributed by atoms with van der Waals surface area (Å²) in [6.07, 6.45) is 0. The van der Waals surface area contributed by atoms with Gasteiger partial charge >= 0.3 is 5.97 Å². The van der Waals surface area contributed by atoms with E-state index >= 15 is 0 Å². The van der Waals surface area contributed by atoms with Crippen molar-refractivity contribution in [3.63, 3.8) is 0 Å². The molecule has 0 aliphatic heterocycles. The molecule has 0 amide bonds. The van der Waals surface area contributed by atoms with Crippen LogP contribution in [0, 0.1) is 0 Å². The van der Waals surface area contributed by atoms with Gasteiger partial charge in [0, 0.05) is 18.1 Å². The third-order valence-corrected chi connectivity index (χ3v) is 3.16. The highest BCUT2D eigenvalue weighted by atomic mass is 16.5. The lowest BCUT2D eigenvalue weighted by molar-refractivity contribution is -0.132. The third-order valence-electron chi connectivity index (χ3n) is 3.16. The van der Waals surface area contributed by atoms with Crippen LogP contribution in [0.3, 0.4) is 0 Å². The van der Waals surface area contributed by atoms with Crippen LogP contribution in [-0.4, -0.2) is 13.1 Å². The van der Waals surface area contributed by atoms with Crippen LogP contribution in [0.25, 0.3) is 0 Å². The molecule has 0 fully saturated rings. The second-order valence-electron chi connectivity index (χ2n) is 7.15. The Balaban J connectivity index is 3.67. The van der Waals surface area contributed by atoms with Gasteiger partial charge in [-0.1, -0.05) is 41.5 Å². The molecule has 0 aliphatic carbocycles. The molecule has 0 saturated carbocycles. The van der Waals surface area contributed by atoms with Crippen molar-refractivity contribution in [1.82, 2.24) is 0 Å². The molecule has 0 saturated heterocycles. The quantitative estimate of drug-likeness (QED) is 0.600. The Morgan fingerprint density at radius 3 is 1.60 bits per heavy atom. The third kappa shape index (κ3) is 3.75. The smallest absolute Gasteiger partial charge is 0.308 e. The normalized spacial score (nSPS) is 12.2. The molecule has 1 aromatic rings. The molecule has 3 heteroatoms. The Kier molecular flexibility index (Phi) is 4.52. The first-order valence-corrected chi connectivity index (χ1v) is 6.88. The van der Waals surface area contributed by atoms with Crippen molar-refractivity contribution in [2.24, 2.45) is 0 Å². The second-order valence-corrected chi connectivity index (χ2v) is 7.15. The zero-order valence-electron chi connectivity index (χ0n) is 13.9. The highest BCUT2D eigenvalue weighted by molar-refractivity contribution is 5.71. The van der Waals surface area contributed by atoms with E-state index in [-0.39, 0.29) is 16.8 Å². The molecule has 1 aromatic carbocycles. The molecular formula is C17H26O3. The van der Waals surface area contributed by atoms with Crippen LogP contribution >= 0.6 is 0 Å². The Labute approximate surface area is 122 Å². The van der Waals surface area contributed by atoms with Gasteiger partial charge in [-0.15, -0.1) is 0 Å². The molecule has 0 heterocycles. The van der Waals surface area contributed by atoms with E-state index in [1.807, 2.05) is 12.1 Å². The summed E-state index contributed by atoms with van der Waals surface area (Å²) in [4.78, 5) is 11.5. The van der Waals surface area contributed by atoms with Crippen molar-refractivity contribution in [2.45, 2.75) is 59.3 Å². The summed E-state index contributed by atoms with van der Waals surface area (Å²) in [7, 11) is 1.65. The lowest BCUT2D eigenvalue weighted by Gasteiger charge is -2.29. The molecule has 112 valence electrons. The molecule has 0 aliphatic rings. The second kappa shape index (κ2) is 5.47. The number of carbonyl (C=O) groups is 1. The van der Waals surface area contributed by atoms with Crippen LogP contribution in [0.15, 0.2) is 12.1 Å². The van der Waals surface area contributed by atoms with E-state index in [1.54, 1.807) is 7.11 Å². The van der Waals surface area contributed by atoms with Gasteiger partial charge in [0.15, 0.2) is 0 Å². The summed E-state index contributed by atoms with van der Waals surface area (Å²) in [5, 5.41) is 0. The largest absolute Gasteiger partial charge is 0.497 e. The SMILES string of the molecule is COc1cc(C(C)(C)C)c(OC(C)=O)c(C(C)(C)C)c1. The Morgan fingerprint density at radius 1 is 0.950 bits per heavy atom. The number of ether oxygens (including phenoxy) is 2. The fourth-order valence-corrected chi connectivity index (χ4v) is 2.09. The standard InChI is InChI=1S/C17H26O3/c1-11(18)20-15-13(16(2,3)4)9-12(19-8)10-14(15)17(5,6)7/h9-10H,1-8H3. The average molecular weight is 278 g/mol. The predicted molar refractivity (Wildman–Crippen MR) is 81.7 cm³/mol. The van der Waals surface area contributed by atoms with E-state index in [1.165, 1.54) is 6.92 Å². The summed E-state index contributed by atoms with van der Waals surface area (Å²) < 4.78 is 10.9. The first-order chi connectivity index (χ1) is 8.96. The van der Waals surface area contributed by atoms with Gasteiger partial charge in [-0.3, -0.25) is 4.79 Å². The summed E-state index contributed by atoms with van der Waals surface area (Å²) >= 11 is 0. The Bertz CT molecular complexity index is 467. The summed E-state index contributed by atoms with van der Waals surface area (Å²) in [5.74, 6) is 1.15. The van der Waals surface area contributed by atoms with Crippen molar-refractivity contribution < 1.29 is 14.3 Å². The van der Waals surface area contributed by atoms with Crippen LogP contribution < -0.4 is 9.47 Å². The summed E-state index contributed by atoms with van der Waals surface area (Å²) in [6, 6.07) is 3.90. The molecule has 20 heavy (non-hydrogen) atoms. The molecule has 0 atom stereocenters. The van der Waals surface area contributed by atoms with Crippen LogP contribution in [0.5, 0.6) is 11.5 Å². The van der Waals surface area contributed by atoms with Crippen molar-refractivity contribution in [2.75, 3.05) is 7.11 Å². The lowest BCUT2D eigenvalue weighted by Crippen LogP contribution is -2.21. The fraction of sp³-hybridized carbons (Fsp3) is 0.588. The van der Waals surface area contributed by atoms with Gasteiger partial charge in [-0.2, -0.15) is 0 Å². The molecule has 0 aromatic heterocycles. The summed E-state index contributed by atoms with van der Waals surface area (Å²) in [6.45, 7) is 14.0. The van der Waals surface area contributed by atoms with E-state index in [2.05, 4.69) is 41.5 Å². The molecule has 0 bridgehead atoms. The van der Waals surface area contributed by atoms with Gasteiger partial charge in [0.1, 0.15) is 11.5 Å². The van der Waals surface area contributed by atoms with Gasteiger partial charge in [0.05, 0.1) is 7.11 Å². The van der Waals surface area contributed by atoms with E-state index in [9.17, 15) is 4.79 Å². The number of esters is 1. The lowest BCUT2D eigenvalue weighted by atomic mass is 9.79. The molecule has 1 rings (SSSR count). The Hall–Kier alpha value is -1.51. The molecule has 3 nitrogen and oxygen atoms in total. The molecule has 0 spiro atoms. The minimum absolute atomic E-state index is 0.140. The molecular weight excluding hydrogens is 252 g/mol. The van der Waals surface area contributed by atoms with Crippen LogP contribution in [0.4, 0.5) is 0 Å². The van der Waals surface area contributed by atoms with Crippen LogP contribution in [-0.2, 0) is 15.6 Å². The van der Waals surface area contributed by atoms with Gasteiger partial charge < -0.3 is 9.47 Å². The van der Waals surface area contributed by atoms with Crippen LogP contribution in [0.1, 0.15) is 59.6 Å². The minimum Gasteiger partial charge on any atom is -0.497 e.